The standard InChI is InChI=1S/C38H49ClN2O6S/c1-25-5-3-7-34(46-18-17-45-2)31-13-10-29(31)22-41-23-38(16-4-6-27-20-30(39)12-14-32(27)38)24-47-35-15-11-28(21-33(35)41)37(42)40-48(43,44)36(25)19-26-8-9-26/h3,7,11-12,14-15,20-21,25-26,29,31,34,36H,4-6,8-10,13,16-19,22-24H2,1-2H3,(H,40,42)/b7-3+/t25-,29-,31+,34-,36+,38-/m0/s1. The van der Waals surface area contributed by atoms with Crippen molar-refractivity contribution >= 4 is 33.2 Å². The summed E-state index contributed by atoms with van der Waals surface area (Å²) in [4.78, 5) is 16.1. The van der Waals surface area contributed by atoms with E-state index in [2.05, 4.69) is 33.9 Å². The summed E-state index contributed by atoms with van der Waals surface area (Å²) < 4.78 is 48.7. The van der Waals surface area contributed by atoms with Gasteiger partial charge in [-0.2, -0.15) is 0 Å². The third kappa shape index (κ3) is 7.03. The number of hydrogen-bond donors (Lipinski definition) is 1. The topological polar surface area (TPSA) is 94.2 Å². The largest absolute Gasteiger partial charge is 0.490 e. The zero-order chi connectivity index (χ0) is 33.5. The van der Waals surface area contributed by atoms with Gasteiger partial charge < -0.3 is 19.1 Å². The van der Waals surface area contributed by atoms with Crippen molar-refractivity contribution in [3.63, 3.8) is 0 Å². The van der Waals surface area contributed by atoms with E-state index >= 15 is 0 Å². The van der Waals surface area contributed by atoms with Gasteiger partial charge >= 0.3 is 0 Å². The van der Waals surface area contributed by atoms with Gasteiger partial charge in [0.2, 0.25) is 10.0 Å². The normalized spacial score (nSPS) is 32.2. The number of methoxy groups -OCH3 is 1. The Labute approximate surface area is 290 Å². The Morgan fingerprint density at radius 2 is 1.96 bits per heavy atom. The molecular weight excluding hydrogens is 648 g/mol. The van der Waals surface area contributed by atoms with Crippen molar-refractivity contribution in [1.82, 2.24) is 4.72 Å². The SMILES string of the molecule is COCCO[C@H]1/C=C/C[C@H](C)[C@@H](CC2CC2)S(=O)(=O)NC(=O)c2ccc3c(c2)N(C[C@@H]2CC[C@H]21)C[C@@]1(CCCc2cc(Cl)ccc21)CO3. The number of fused-ring (bicyclic) bond motifs is 4. The van der Waals surface area contributed by atoms with Crippen LogP contribution in [0.5, 0.6) is 5.75 Å². The van der Waals surface area contributed by atoms with Crippen molar-refractivity contribution < 1.29 is 27.4 Å². The van der Waals surface area contributed by atoms with Gasteiger partial charge in [-0.05, 0) is 110 Å². The molecule has 2 heterocycles. The number of benzene rings is 2. The van der Waals surface area contributed by atoms with Crippen molar-refractivity contribution in [3.8, 4) is 5.75 Å². The van der Waals surface area contributed by atoms with E-state index in [0.29, 0.717) is 56.0 Å². The number of nitrogens with zero attached hydrogens (tertiary/aromatic N) is 1. The molecule has 1 N–H and O–H groups in total. The molecule has 2 bridgehead atoms. The number of nitrogens with one attached hydrogen (secondary N) is 1. The van der Waals surface area contributed by atoms with Crippen molar-refractivity contribution in [3.05, 3.63) is 70.3 Å². The van der Waals surface area contributed by atoms with Gasteiger partial charge in [0.15, 0.2) is 0 Å². The highest BCUT2D eigenvalue weighted by Crippen LogP contribution is 2.47. The number of amides is 1. The van der Waals surface area contributed by atoms with E-state index < -0.39 is 21.2 Å². The summed E-state index contributed by atoms with van der Waals surface area (Å²) >= 11 is 6.45. The van der Waals surface area contributed by atoms with Crippen LogP contribution in [0, 0.1) is 23.7 Å². The lowest BCUT2D eigenvalue weighted by molar-refractivity contribution is -0.0309. The maximum absolute atomic E-state index is 13.9. The first-order chi connectivity index (χ1) is 23.2. The van der Waals surface area contributed by atoms with Crippen molar-refractivity contribution in [2.24, 2.45) is 23.7 Å². The lowest BCUT2D eigenvalue weighted by Gasteiger charge is -2.46. The van der Waals surface area contributed by atoms with E-state index in [0.717, 1.165) is 74.5 Å². The Morgan fingerprint density at radius 3 is 2.73 bits per heavy atom. The van der Waals surface area contributed by atoms with E-state index in [1.165, 1.54) is 11.1 Å². The summed E-state index contributed by atoms with van der Waals surface area (Å²) in [5.41, 5.74) is 3.48. The molecule has 2 fully saturated rings. The van der Waals surface area contributed by atoms with Crippen molar-refractivity contribution in [2.75, 3.05) is 44.9 Å². The summed E-state index contributed by atoms with van der Waals surface area (Å²) in [5, 5.41) is 0.0918. The first-order valence-corrected chi connectivity index (χ1v) is 19.7. The fourth-order valence-electron chi connectivity index (χ4n) is 8.57. The molecule has 48 heavy (non-hydrogen) atoms. The number of sulfonamides is 1. The zero-order valence-electron chi connectivity index (χ0n) is 28.2. The lowest BCUT2D eigenvalue weighted by Crippen LogP contribution is -2.49. The quantitative estimate of drug-likeness (QED) is 0.266. The number of ether oxygens (including phenoxy) is 3. The first kappa shape index (κ1) is 33.9. The van der Waals surface area contributed by atoms with Crippen LogP contribution in [0.3, 0.4) is 0 Å². The van der Waals surface area contributed by atoms with Crippen molar-refractivity contribution in [1.29, 1.82) is 0 Å². The van der Waals surface area contributed by atoms with Crippen LogP contribution in [0.15, 0.2) is 48.6 Å². The summed E-state index contributed by atoms with van der Waals surface area (Å²) in [7, 11) is -2.24. The molecule has 5 aliphatic rings. The maximum Gasteiger partial charge on any atom is 0.264 e. The number of aryl methyl sites for hydroxylation is 1. The Morgan fingerprint density at radius 1 is 1.10 bits per heavy atom. The highest BCUT2D eigenvalue weighted by Gasteiger charge is 2.45. The number of carbonyl (C=O) groups excluding carboxylic acids is 1. The first-order valence-electron chi connectivity index (χ1n) is 17.8. The van der Waals surface area contributed by atoms with Crippen LogP contribution < -0.4 is 14.4 Å². The monoisotopic (exact) mass is 696 g/mol. The van der Waals surface area contributed by atoms with Gasteiger partial charge in [-0.3, -0.25) is 4.79 Å². The molecule has 1 spiro atoms. The number of allylic oxidation sites excluding steroid dienone is 1. The molecule has 2 aromatic carbocycles. The highest BCUT2D eigenvalue weighted by molar-refractivity contribution is 7.90. The predicted octanol–water partition coefficient (Wildman–Crippen LogP) is 6.70. The van der Waals surface area contributed by atoms with Crippen LogP contribution in [-0.2, 0) is 31.3 Å². The Hall–Kier alpha value is -2.59. The lowest BCUT2D eigenvalue weighted by atomic mass is 9.68. The molecule has 8 nitrogen and oxygen atoms in total. The number of anilines is 1. The molecule has 2 aliphatic heterocycles. The number of carbonyl (C=O) groups is 1. The Kier molecular flexibility index (Phi) is 9.86. The molecule has 7 rings (SSSR count). The summed E-state index contributed by atoms with van der Waals surface area (Å²) in [6, 6.07) is 11.6. The molecule has 0 unspecified atom stereocenters. The van der Waals surface area contributed by atoms with Gasteiger partial charge in [-0.15, -0.1) is 0 Å². The zero-order valence-corrected chi connectivity index (χ0v) is 29.7. The average Bonchev–Trinajstić information content (AvgIpc) is 3.88. The Balaban J connectivity index is 1.28. The van der Waals surface area contributed by atoms with Gasteiger partial charge in [0.05, 0.1) is 36.9 Å². The van der Waals surface area contributed by atoms with Crippen LogP contribution in [0.4, 0.5) is 5.69 Å². The van der Waals surface area contributed by atoms with Crippen LogP contribution in [0.25, 0.3) is 0 Å². The third-order valence-electron chi connectivity index (χ3n) is 11.6. The molecule has 10 heteroatoms. The molecule has 6 atom stereocenters. The molecule has 1 amide bonds. The molecular formula is C38H49ClN2O6S. The third-order valence-corrected chi connectivity index (χ3v) is 13.8. The van der Waals surface area contributed by atoms with E-state index in [-0.39, 0.29) is 17.4 Å². The second-order valence-electron chi connectivity index (χ2n) is 15.0. The molecule has 0 aromatic heterocycles. The van der Waals surface area contributed by atoms with E-state index in [4.69, 9.17) is 25.8 Å². The van der Waals surface area contributed by atoms with E-state index in [9.17, 15) is 13.2 Å². The van der Waals surface area contributed by atoms with Crippen LogP contribution in [0.2, 0.25) is 5.02 Å². The second-order valence-corrected chi connectivity index (χ2v) is 17.3. The molecule has 0 saturated heterocycles. The number of halogens is 1. The van der Waals surface area contributed by atoms with Gasteiger partial charge in [0, 0.05) is 36.2 Å². The van der Waals surface area contributed by atoms with E-state index in [1.807, 2.05) is 25.1 Å². The minimum absolute atomic E-state index is 0.0854. The number of hydrogen-bond acceptors (Lipinski definition) is 7. The van der Waals surface area contributed by atoms with Crippen LogP contribution in [0.1, 0.15) is 79.8 Å². The van der Waals surface area contributed by atoms with E-state index in [1.54, 1.807) is 13.2 Å². The van der Waals surface area contributed by atoms with Gasteiger partial charge in [-0.1, -0.05) is 49.6 Å². The summed E-state index contributed by atoms with van der Waals surface area (Å²) in [6.45, 7) is 5.04. The second kappa shape index (κ2) is 14.0. The minimum Gasteiger partial charge on any atom is -0.490 e. The smallest absolute Gasteiger partial charge is 0.264 e. The summed E-state index contributed by atoms with van der Waals surface area (Å²) in [5.74, 6) is 1.07. The van der Waals surface area contributed by atoms with Crippen LogP contribution >= 0.6 is 11.6 Å². The fraction of sp³-hybridized carbons (Fsp3) is 0.605. The van der Waals surface area contributed by atoms with Gasteiger partial charge in [0.25, 0.3) is 5.91 Å². The molecule has 2 saturated carbocycles. The predicted molar refractivity (Wildman–Crippen MR) is 188 cm³/mol. The Bertz CT molecular complexity index is 1640. The average molecular weight is 697 g/mol. The molecule has 3 aliphatic carbocycles. The minimum atomic E-state index is -3.93. The highest BCUT2D eigenvalue weighted by atomic mass is 35.5. The van der Waals surface area contributed by atoms with Gasteiger partial charge in [-0.25, -0.2) is 13.1 Å². The van der Waals surface area contributed by atoms with Crippen molar-refractivity contribution in [2.45, 2.75) is 81.5 Å². The summed E-state index contributed by atoms with van der Waals surface area (Å²) in [6.07, 6.45) is 12.6. The molecule has 260 valence electrons. The molecule has 0 radical (unpaired) electrons. The maximum atomic E-state index is 13.9. The molecule has 2 aromatic rings. The van der Waals surface area contributed by atoms with Crippen LogP contribution in [-0.4, -0.2) is 65.7 Å². The fourth-order valence-corrected chi connectivity index (χ4v) is 10.5. The van der Waals surface area contributed by atoms with Gasteiger partial charge in [0.1, 0.15) is 5.75 Å². The number of rotatable bonds is 6.